The second-order valence-corrected chi connectivity index (χ2v) is 7.80. The maximum absolute atomic E-state index is 12.1. The summed E-state index contributed by atoms with van der Waals surface area (Å²) in [4.78, 5) is 26.8. The minimum atomic E-state index is -0.607. The standard InChI is InChI=1S/C13H22IN5O3/c1-13(2,3)22-12(21)16-10-7-8(11(20)19(4)14)5-6-9(10)17-18-15/h8-10H,5-7H2,1-4H3,(H,16,21)/t8-,9-,10+/m0/s1. The molecule has 0 aromatic carbocycles. The van der Waals surface area contributed by atoms with Crippen LogP contribution in [0.15, 0.2) is 5.11 Å². The fourth-order valence-corrected chi connectivity index (χ4v) is 2.84. The molecule has 1 saturated carbocycles. The molecule has 0 bridgehead atoms. The largest absolute Gasteiger partial charge is 0.444 e. The van der Waals surface area contributed by atoms with Gasteiger partial charge in [0.15, 0.2) is 0 Å². The first-order valence-electron chi connectivity index (χ1n) is 7.11. The minimum Gasteiger partial charge on any atom is -0.444 e. The molecule has 0 radical (unpaired) electrons. The average molecular weight is 423 g/mol. The van der Waals surface area contributed by atoms with E-state index in [1.165, 1.54) is 3.11 Å². The molecule has 1 rings (SSSR count). The molecule has 1 aliphatic rings. The van der Waals surface area contributed by atoms with Gasteiger partial charge in [-0.1, -0.05) is 5.11 Å². The molecule has 0 aromatic rings. The van der Waals surface area contributed by atoms with E-state index in [1.54, 1.807) is 27.8 Å². The van der Waals surface area contributed by atoms with E-state index in [4.69, 9.17) is 10.3 Å². The van der Waals surface area contributed by atoms with Gasteiger partial charge in [-0.25, -0.2) is 4.79 Å². The van der Waals surface area contributed by atoms with Gasteiger partial charge in [0.1, 0.15) is 5.60 Å². The highest BCUT2D eigenvalue weighted by molar-refractivity contribution is 14.1. The van der Waals surface area contributed by atoms with Crippen LogP contribution in [-0.2, 0) is 9.53 Å². The molecule has 0 spiro atoms. The summed E-state index contributed by atoms with van der Waals surface area (Å²) in [6.07, 6.45) is 1.08. The van der Waals surface area contributed by atoms with Gasteiger partial charge in [-0.2, -0.15) is 0 Å². The maximum atomic E-state index is 12.1. The Morgan fingerprint density at radius 2 is 2.05 bits per heavy atom. The molecule has 0 unspecified atom stereocenters. The van der Waals surface area contributed by atoms with Crippen molar-refractivity contribution < 1.29 is 14.3 Å². The van der Waals surface area contributed by atoms with Crippen molar-refractivity contribution in [3.8, 4) is 0 Å². The number of rotatable bonds is 3. The van der Waals surface area contributed by atoms with Crippen molar-refractivity contribution in [1.82, 2.24) is 8.43 Å². The van der Waals surface area contributed by atoms with Crippen LogP contribution < -0.4 is 5.32 Å². The number of ether oxygens (including phenoxy) is 1. The summed E-state index contributed by atoms with van der Waals surface area (Å²) in [6.45, 7) is 5.32. The number of halogens is 1. The van der Waals surface area contributed by atoms with E-state index in [1.807, 2.05) is 22.9 Å². The lowest BCUT2D eigenvalue weighted by atomic mass is 9.82. The van der Waals surface area contributed by atoms with Gasteiger partial charge in [0.25, 0.3) is 0 Å². The molecule has 1 fully saturated rings. The Balaban J connectivity index is 2.77. The molecule has 22 heavy (non-hydrogen) atoms. The van der Waals surface area contributed by atoms with Crippen LogP contribution in [0.3, 0.4) is 0 Å². The van der Waals surface area contributed by atoms with Crippen molar-refractivity contribution in [2.24, 2.45) is 11.0 Å². The summed E-state index contributed by atoms with van der Waals surface area (Å²) in [6, 6.07) is -0.758. The SMILES string of the molecule is CN(I)C(=O)[C@H]1CC[C@H](N=[N+]=[N-])[C@H](NC(=O)OC(C)(C)C)C1. The second kappa shape index (κ2) is 7.87. The average Bonchev–Trinajstić information content (AvgIpc) is 2.37. The number of nitrogens with zero attached hydrogens (tertiary/aromatic N) is 4. The van der Waals surface area contributed by atoms with Crippen LogP contribution in [-0.4, -0.2) is 39.8 Å². The Labute approximate surface area is 144 Å². The number of alkyl carbamates (subject to hydrolysis) is 1. The zero-order chi connectivity index (χ0) is 16.9. The zero-order valence-electron chi connectivity index (χ0n) is 13.2. The Morgan fingerprint density at radius 1 is 1.41 bits per heavy atom. The molecule has 0 aliphatic heterocycles. The summed E-state index contributed by atoms with van der Waals surface area (Å²) >= 11 is 1.93. The highest BCUT2D eigenvalue weighted by Gasteiger charge is 2.36. The first kappa shape index (κ1) is 18.8. The summed E-state index contributed by atoms with van der Waals surface area (Å²) < 4.78 is 6.74. The Hall–Kier alpha value is -1.22. The van der Waals surface area contributed by atoms with Crippen molar-refractivity contribution in [2.75, 3.05) is 7.05 Å². The third-order valence-electron chi connectivity index (χ3n) is 3.37. The van der Waals surface area contributed by atoms with Crippen LogP contribution in [0.4, 0.5) is 4.79 Å². The first-order chi connectivity index (χ1) is 10.1. The molecular weight excluding hydrogens is 401 g/mol. The number of nitrogens with one attached hydrogen (secondary N) is 1. The van der Waals surface area contributed by atoms with Crippen molar-refractivity contribution >= 4 is 34.9 Å². The van der Waals surface area contributed by atoms with Crippen LogP contribution in [0.5, 0.6) is 0 Å². The summed E-state index contributed by atoms with van der Waals surface area (Å²) in [5, 5.41) is 6.47. The van der Waals surface area contributed by atoms with Gasteiger partial charge in [0.05, 0.1) is 28.9 Å². The van der Waals surface area contributed by atoms with E-state index in [-0.39, 0.29) is 17.9 Å². The van der Waals surface area contributed by atoms with Gasteiger partial charge < -0.3 is 10.1 Å². The van der Waals surface area contributed by atoms with E-state index in [0.29, 0.717) is 19.3 Å². The lowest BCUT2D eigenvalue weighted by Crippen LogP contribution is -2.49. The summed E-state index contributed by atoms with van der Waals surface area (Å²) in [5.41, 5.74) is 8.05. The van der Waals surface area contributed by atoms with Gasteiger partial charge in [-0.3, -0.25) is 7.91 Å². The van der Waals surface area contributed by atoms with Crippen molar-refractivity contribution in [1.29, 1.82) is 0 Å². The van der Waals surface area contributed by atoms with Crippen LogP contribution in [0.2, 0.25) is 0 Å². The van der Waals surface area contributed by atoms with Crippen molar-refractivity contribution in [2.45, 2.75) is 57.7 Å². The molecule has 8 nitrogen and oxygen atoms in total. The number of amides is 2. The van der Waals surface area contributed by atoms with Crippen LogP contribution in [0, 0.1) is 5.92 Å². The van der Waals surface area contributed by atoms with Crippen LogP contribution in [0.1, 0.15) is 40.0 Å². The lowest BCUT2D eigenvalue weighted by Gasteiger charge is -2.34. The number of azide groups is 1. The van der Waals surface area contributed by atoms with E-state index >= 15 is 0 Å². The maximum Gasteiger partial charge on any atom is 0.407 e. The summed E-state index contributed by atoms with van der Waals surface area (Å²) in [5.74, 6) is -0.178. The zero-order valence-corrected chi connectivity index (χ0v) is 15.4. The molecule has 1 aliphatic carbocycles. The predicted molar refractivity (Wildman–Crippen MR) is 90.2 cm³/mol. The van der Waals surface area contributed by atoms with E-state index in [0.717, 1.165) is 0 Å². The third-order valence-corrected chi connectivity index (χ3v) is 3.84. The fourth-order valence-electron chi connectivity index (χ4n) is 2.45. The van der Waals surface area contributed by atoms with Gasteiger partial charge in [-0.15, -0.1) is 0 Å². The van der Waals surface area contributed by atoms with E-state index in [9.17, 15) is 9.59 Å². The van der Waals surface area contributed by atoms with Gasteiger partial charge >= 0.3 is 6.09 Å². The Morgan fingerprint density at radius 3 is 2.55 bits per heavy atom. The fraction of sp³-hybridized carbons (Fsp3) is 0.846. The molecule has 0 heterocycles. The van der Waals surface area contributed by atoms with Crippen LogP contribution in [0.25, 0.3) is 10.4 Å². The second-order valence-electron chi connectivity index (χ2n) is 6.35. The number of carbonyl (C=O) groups excluding carboxylic acids is 2. The summed E-state index contributed by atoms with van der Waals surface area (Å²) in [7, 11) is 1.69. The topological polar surface area (TPSA) is 107 Å². The van der Waals surface area contributed by atoms with E-state index < -0.39 is 17.7 Å². The number of hydrogen-bond donors (Lipinski definition) is 1. The molecule has 3 atom stereocenters. The smallest absolute Gasteiger partial charge is 0.407 e. The van der Waals surface area contributed by atoms with Crippen LogP contribution >= 0.6 is 22.9 Å². The molecule has 2 amide bonds. The van der Waals surface area contributed by atoms with Gasteiger partial charge in [0, 0.05) is 23.9 Å². The Bertz CT molecular complexity index is 471. The van der Waals surface area contributed by atoms with E-state index in [2.05, 4.69) is 15.3 Å². The molecule has 0 aromatic heterocycles. The molecule has 9 heteroatoms. The molecule has 124 valence electrons. The minimum absolute atomic E-state index is 0.0102. The molecule has 1 N–H and O–H groups in total. The van der Waals surface area contributed by atoms with Crippen molar-refractivity contribution in [3.63, 3.8) is 0 Å². The van der Waals surface area contributed by atoms with Gasteiger partial charge in [-0.05, 0) is 45.6 Å². The number of hydrogen-bond acceptors (Lipinski definition) is 4. The Kier molecular flexibility index (Phi) is 6.73. The highest BCUT2D eigenvalue weighted by atomic mass is 127. The number of carbonyl (C=O) groups is 2. The molecule has 0 saturated heterocycles. The predicted octanol–water partition coefficient (Wildman–Crippen LogP) is 3.17. The first-order valence-corrected chi connectivity index (χ1v) is 8.07. The third kappa shape index (κ3) is 5.88. The highest BCUT2D eigenvalue weighted by Crippen LogP contribution is 2.29. The lowest BCUT2D eigenvalue weighted by molar-refractivity contribution is -0.129. The normalized spacial score (nSPS) is 24.9. The monoisotopic (exact) mass is 423 g/mol. The quantitative estimate of drug-likeness (QED) is 0.248. The molecular formula is C13H22IN5O3. The van der Waals surface area contributed by atoms with Crippen molar-refractivity contribution in [3.05, 3.63) is 10.4 Å². The van der Waals surface area contributed by atoms with Gasteiger partial charge in [0.2, 0.25) is 5.91 Å².